The second-order valence-electron chi connectivity index (χ2n) is 6.16. The molecule has 0 unspecified atom stereocenters. The molecule has 5 heteroatoms. The minimum absolute atomic E-state index is 0.0865. The van der Waals surface area contributed by atoms with Gasteiger partial charge in [0.05, 0.1) is 5.92 Å². The number of hydrogen-bond donors (Lipinski definition) is 0. The Bertz CT molecular complexity index is 716. The van der Waals surface area contributed by atoms with Crippen molar-refractivity contribution >= 4 is 12.4 Å². The molecule has 1 aliphatic carbocycles. The molecule has 0 bridgehead atoms. The van der Waals surface area contributed by atoms with E-state index in [0.717, 1.165) is 11.1 Å². The molecule has 0 saturated heterocycles. The Morgan fingerprint density at radius 1 is 0.920 bits per heavy atom. The van der Waals surface area contributed by atoms with E-state index in [4.69, 9.17) is 9.47 Å². The summed E-state index contributed by atoms with van der Waals surface area (Å²) < 4.78 is 23.4. The molecule has 1 aliphatic rings. The highest BCUT2D eigenvalue weighted by Crippen LogP contribution is 2.28. The van der Waals surface area contributed by atoms with Gasteiger partial charge in [0, 0.05) is 0 Å². The van der Waals surface area contributed by atoms with Crippen molar-refractivity contribution in [3.63, 3.8) is 0 Å². The number of hydrogen-bond acceptors (Lipinski definition) is 4. The first-order chi connectivity index (χ1) is 12.2. The lowest BCUT2D eigenvalue weighted by molar-refractivity contribution is -0.142. The van der Waals surface area contributed by atoms with E-state index >= 15 is 0 Å². The highest BCUT2D eigenvalue weighted by atomic mass is 19.1. The molecule has 0 radical (unpaired) electrons. The summed E-state index contributed by atoms with van der Waals surface area (Å²) in [4.78, 5) is 22.6. The summed E-state index contributed by atoms with van der Waals surface area (Å²) in [5.41, 5.74) is 1.82. The quantitative estimate of drug-likeness (QED) is 0.466. The molecule has 4 nitrogen and oxygen atoms in total. The maximum Gasteiger partial charge on any atom is 0.314 e. The van der Waals surface area contributed by atoms with Crippen molar-refractivity contribution in [2.24, 2.45) is 5.92 Å². The Labute approximate surface area is 145 Å². The lowest BCUT2D eigenvalue weighted by Crippen LogP contribution is -2.28. The number of esters is 1. The largest absolute Gasteiger partial charge is 0.465 e. The van der Waals surface area contributed by atoms with E-state index in [-0.39, 0.29) is 23.8 Å². The minimum atomic E-state index is -0.275. The second kappa shape index (κ2) is 7.92. The van der Waals surface area contributed by atoms with Gasteiger partial charge in [-0.05, 0) is 61.1 Å². The van der Waals surface area contributed by atoms with Gasteiger partial charge in [0.2, 0.25) is 0 Å². The molecule has 0 N–H and O–H groups in total. The molecule has 0 atom stereocenters. The maximum atomic E-state index is 13.0. The zero-order valence-electron chi connectivity index (χ0n) is 13.7. The zero-order chi connectivity index (χ0) is 17.6. The average molecular weight is 342 g/mol. The van der Waals surface area contributed by atoms with Crippen LogP contribution in [-0.2, 0) is 14.3 Å². The summed E-state index contributed by atoms with van der Waals surface area (Å²) in [6, 6.07) is 13.4. The number of halogens is 1. The molecule has 25 heavy (non-hydrogen) atoms. The van der Waals surface area contributed by atoms with Crippen LogP contribution in [0.1, 0.15) is 25.7 Å². The summed E-state index contributed by atoms with van der Waals surface area (Å²) in [5.74, 6) is -0.202. The molecule has 3 rings (SSSR count). The normalized spacial score (nSPS) is 19.9. The molecule has 0 aromatic heterocycles. The first-order valence-corrected chi connectivity index (χ1v) is 8.32. The predicted molar refractivity (Wildman–Crippen MR) is 90.4 cm³/mol. The number of carbonyl (C=O) groups is 2. The van der Waals surface area contributed by atoms with Crippen molar-refractivity contribution in [1.29, 1.82) is 0 Å². The van der Waals surface area contributed by atoms with Crippen LogP contribution < -0.4 is 4.74 Å². The molecule has 1 saturated carbocycles. The molecule has 0 heterocycles. The third-order valence-electron chi connectivity index (χ3n) is 4.51. The van der Waals surface area contributed by atoms with Crippen molar-refractivity contribution in [2.45, 2.75) is 31.8 Å². The predicted octanol–water partition coefficient (Wildman–Crippen LogP) is 4.13. The van der Waals surface area contributed by atoms with Crippen LogP contribution in [0.25, 0.3) is 11.1 Å². The van der Waals surface area contributed by atoms with Gasteiger partial charge in [-0.2, -0.15) is 0 Å². The number of ether oxygens (including phenoxy) is 2. The number of carbonyl (C=O) groups excluding carboxylic acids is 2. The van der Waals surface area contributed by atoms with Gasteiger partial charge in [0.1, 0.15) is 17.7 Å². The molecule has 2 aromatic rings. The van der Waals surface area contributed by atoms with E-state index in [0.29, 0.717) is 37.9 Å². The fourth-order valence-electron chi connectivity index (χ4n) is 3.07. The van der Waals surface area contributed by atoms with Crippen LogP contribution in [0.15, 0.2) is 48.5 Å². The van der Waals surface area contributed by atoms with Crippen molar-refractivity contribution < 1.29 is 23.5 Å². The van der Waals surface area contributed by atoms with Crippen molar-refractivity contribution in [3.05, 3.63) is 54.3 Å². The topological polar surface area (TPSA) is 52.6 Å². The fraction of sp³-hybridized carbons (Fsp3) is 0.300. The smallest absolute Gasteiger partial charge is 0.314 e. The van der Waals surface area contributed by atoms with E-state index in [2.05, 4.69) is 0 Å². The minimum Gasteiger partial charge on any atom is -0.465 e. The molecule has 1 fully saturated rings. The third kappa shape index (κ3) is 4.44. The van der Waals surface area contributed by atoms with E-state index < -0.39 is 0 Å². The Kier molecular flexibility index (Phi) is 5.43. The SMILES string of the molecule is O=CO[C@H]1CC[C@H](C(=O)Oc2ccc(-c3ccc(F)cc3)cc2)CC1. The molecule has 0 aliphatic heterocycles. The fourth-order valence-corrected chi connectivity index (χ4v) is 3.07. The standard InChI is InChI=1S/C20H19FO4/c21-17-7-1-14(2-8-17)15-3-11-19(12-4-15)25-20(23)16-5-9-18(10-6-16)24-13-22/h1-4,7-8,11-13,16,18H,5-6,9-10H2/t16-,18-. The Hall–Kier alpha value is -2.69. The summed E-state index contributed by atoms with van der Waals surface area (Å²) in [6.45, 7) is 0.464. The lowest BCUT2D eigenvalue weighted by atomic mass is 9.87. The van der Waals surface area contributed by atoms with Gasteiger partial charge < -0.3 is 9.47 Å². The van der Waals surface area contributed by atoms with Crippen molar-refractivity contribution in [1.82, 2.24) is 0 Å². The van der Waals surface area contributed by atoms with Crippen LogP contribution in [0, 0.1) is 11.7 Å². The van der Waals surface area contributed by atoms with Crippen LogP contribution in [0.2, 0.25) is 0 Å². The van der Waals surface area contributed by atoms with Gasteiger partial charge >= 0.3 is 5.97 Å². The third-order valence-corrected chi connectivity index (χ3v) is 4.51. The summed E-state index contributed by atoms with van der Waals surface area (Å²) in [6.07, 6.45) is 2.59. The monoisotopic (exact) mass is 342 g/mol. The van der Waals surface area contributed by atoms with Crippen molar-refractivity contribution in [3.8, 4) is 16.9 Å². The van der Waals surface area contributed by atoms with Crippen LogP contribution >= 0.6 is 0 Å². The van der Waals surface area contributed by atoms with Gasteiger partial charge in [-0.25, -0.2) is 4.39 Å². The molecule has 130 valence electrons. The molecular weight excluding hydrogens is 323 g/mol. The molecule has 0 spiro atoms. The first kappa shape index (κ1) is 17.1. The lowest BCUT2D eigenvalue weighted by Gasteiger charge is -2.25. The molecule has 2 aromatic carbocycles. The number of benzene rings is 2. The van der Waals surface area contributed by atoms with Crippen LogP contribution in [0.3, 0.4) is 0 Å². The summed E-state index contributed by atoms with van der Waals surface area (Å²) in [7, 11) is 0. The van der Waals surface area contributed by atoms with Crippen molar-refractivity contribution in [2.75, 3.05) is 0 Å². The van der Waals surface area contributed by atoms with Crippen LogP contribution in [0.4, 0.5) is 4.39 Å². The maximum absolute atomic E-state index is 13.0. The van der Waals surface area contributed by atoms with Gasteiger partial charge in [-0.3, -0.25) is 9.59 Å². The van der Waals surface area contributed by atoms with E-state index in [1.807, 2.05) is 12.1 Å². The molecular formula is C20H19FO4. The highest BCUT2D eigenvalue weighted by molar-refractivity contribution is 5.75. The highest BCUT2D eigenvalue weighted by Gasteiger charge is 2.28. The second-order valence-corrected chi connectivity index (χ2v) is 6.16. The Morgan fingerprint density at radius 3 is 2.04 bits per heavy atom. The van der Waals surface area contributed by atoms with E-state index in [9.17, 15) is 14.0 Å². The van der Waals surface area contributed by atoms with Crippen LogP contribution in [0.5, 0.6) is 5.75 Å². The Morgan fingerprint density at radius 2 is 1.48 bits per heavy atom. The van der Waals surface area contributed by atoms with Gasteiger partial charge in [0.25, 0.3) is 6.47 Å². The van der Waals surface area contributed by atoms with Gasteiger partial charge in [-0.1, -0.05) is 24.3 Å². The number of rotatable bonds is 5. The van der Waals surface area contributed by atoms with Gasteiger partial charge in [-0.15, -0.1) is 0 Å². The zero-order valence-corrected chi connectivity index (χ0v) is 13.7. The average Bonchev–Trinajstić information content (AvgIpc) is 2.64. The molecule has 0 amide bonds. The Balaban J connectivity index is 1.57. The summed E-state index contributed by atoms with van der Waals surface area (Å²) in [5, 5.41) is 0. The first-order valence-electron chi connectivity index (χ1n) is 8.32. The van der Waals surface area contributed by atoms with Gasteiger partial charge in [0.15, 0.2) is 0 Å². The van der Waals surface area contributed by atoms with E-state index in [1.165, 1.54) is 12.1 Å². The van der Waals surface area contributed by atoms with E-state index in [1.54, 1.807) is 24.3 Å². The summed E-state index contributed by atoms with van der Waals surface area (Å²) >= 11 is 0. The van der Waals surface area contributed by atoms with Crippen LogP contribution in [-0.4, -0.2) is 18.5 Å².